The Morgan fingerprint density at radius 1 is 1.36 bits per heavy atom. The highest BCUT2D eigenvalue weighted by molar-refractivity contribution is 14.1. The van der Waals surface area contributed by atoms with Crippen molar-refractivity contribution < 1.29 is 0 Å². The van der Waals surface area contributed by atoms with E-state index >= 15 is 0 Å². The van der Waals surface area contributed by atoms with E-state index in [1.165, 1.54) is 14.7 Å². The summed E-state index contributed by atoms with van der Waals surface area (Å²) in [5.41, 5.74) is 2.42. The van der Waals surface area contributed by atoms with Crippen molar-refractivity contribution in [2.45, 2.75) is 13.5 Å². The Hall–Kier alpha value is -0.840. The van der Waals surface area contributed by atoms with Gasteiger partial charge >= 0.3 is 0 Å². The van der Waals surface area contributed by atoms with Crippen molar-refractivity contribution in [3.05, 3.63) is 40.2 Å². The molecule has 0 radical (unpaired) electrons. The zero-order valence-corrected chi connectivity index (χ0v) is 10.1. The van der Waals surface area contributed by atoms with Crippen LogP contribution in [0, 0.1) is 3.57 Å². The molecule has 2 aromatic rings. The van der Waals surface area contributed by atoms with Crippen molar-refractivity contribution >= 4 is 22.6 Å². The van der Waals surface area contributed by atoms with Crippen LogP contribution in [0.2, 0.25) is 0 Å². The Morgan fingerprint density at radius 3 is 2.86 bits per heavy atom. The van der Waals surface area contributed by atoms with E-state index in [-0.39, 0.29) is 0 Å². The fraction of sp³-hybridized carbons (Fsp3) is 0.182. The second kappa shape index (κ2) is 4.13. The third-order valence-electron chi connectivity index (χ3n) is 2.12. The molecule has 3 heteroatoms. The van der Waals surface area contributed by atoms with Gasteiger partial charge in [0.2, 0.25) is 0 Å². The molecule has 0 spiro atoms. The smallest absolute Gasteiger partial charge is 0.0568 e. The van der Waals surface area contributed by atoms with E-state index < -0.39 is 0 Å². The number of hydrogen-bond donors (Lipinski definition) is 0. The fourth-order valence-corrected chi connectivity index (χ4v) is 1.90. The first-order valence-electron chi connectivity index (χ1n) is 4.58. The maximum absolute atomic E-state index is 4.25. The van der Waals surface area contributed by atoms with Crippen molar-refractivity contribution in [2.75, 3.05) is 0 Å². The van der Waals surface area contributed by atoms with Gasteiger partial charge in [-0.15, -0.1) is 0 Å². The summed E-state index contributed by atoms with van der Waals surface area (Å²) in [6.45, 7) is 3.01. The van der Waals surface area contributed by atoms with Crippen LogP contribution in [0.25, 0.3) is 11.1 Å². The van der Waals surface area contributed by atoms with Gasteiger partial charge in [-0.2, -0.15) is 5.10 Å². The topological polar surface area (TPSA) is 17.8 Å². The minimum Gasteiger partial charge on any atom is -0.272 e. The summed E-state index contributed by atoms with van der Waals surface area (Å²) in [5.74, 6) is 0. The number of benzene rings is 1. The average molecular weight is 298 g/mol. The molecule has 0 amide bonds. The molecule has 72 valence electrons. The van der Waals surface area contributed by atoms with Crippen molar-refractivity contribution in [3.63, 3.8) is 0 Å². The largest absolute Gasteiger partial charge is 0.272 e. The molecule has 0 bridgehead atoms. The third-order valence-corrected chi connectivity index (χ3v) is 2.79. The normalized spacial score (nSPS) is 10.4. The first kappa shape index (κ1) is 9.71. The van der Waals surface area contributed by atoms with Crippen molar-refractivity contribution in [1.82, 2.24) is 9.78 Å². The lowest BCUT2D eigenvalue weighted by Gasteiger charge is -1.97. The van der Waals surface area contributed by atoms with Gasteiger partial charge in [0.25, 0.3) is 0 Å². The van der Waals surface area contributed by atoms with Crippen LogP contribution in [0.4, 0.5) is 0 Å². The summed E-state index contributed by atoms with van der Waals surface area (Å²) >= 11 is 2.32. The van der Waals surface area contributed by atoms with Gasteiger partial charge in [-0.05, 0) is 47.2 Å². The molecule has 1 heterocycles. The minimum atomic E-state index is 0.921. The Morgan fingerprint density at radius 2 is 2.21 bits per heavy atom. The van der Waals surface area contributed by atoms with E-state index in [4.69, 9.17) is 0 Å². The van der Waals surface area contributed by atoms with E-state index in [9.17, 15) is 0 Å². The summed E-state index contributed by atoms with van der Waals surface area (Å²) < 4.78 is 3.19. The van der Waals surface area contributed by atoms with Crippen LogP contribution in [0.3, 0.4) is 0 Å². The molecule has 0 fully saturated rings. The second-order valence-corrected chi connectivity index (χ2v) is 4.34. The molecule has 1 aromatic heterocycles. The van der Waals surface area contributed by atoms with Gasteiger partial charge in [0.15, 0.2) is 0 Å². The van der Waals surface area contributed by atoms with Gasteiger partial charge in [-0.3, -0.25) is 4.68 Å². The quantitative estimate of drug-likeness (QED) is 0.779. The third kappa shape index (κ3) is 1.97. The molecule has 0 saturated heterocycles. The molecular formula is C11H11IN2. The lowest BCUT2D eigenvalue weighted by Crippen LogP contribution is -1.91. The van der Waals surface area contributed by atoms with Gasteiger partial charge in [-0.25, -0.2) is 0 Å². The molecule has 0 aliphatic rings. The molecule has 2 rings (SSSR count). The highest BCUT2D eigenvalue weighted by Crippen LogP contribution is 2.20. The van der Waals surface area contributed by atoms with E-state index in [0.29, 0.717) is 0 Å². The standard InChI is InChI=1S/C11H11IN2/c1-2-14-8-10(7-13-14)9-4-3-5-11(12)6-9/h3-8H,2H2,1H3. The van der Waals surface area contributed by atoms with Gasteiger partial charge in [0, 0.05) is 21.9 Å². The summed E-state index contributed by atoms with van der Waals surface area (Å²) in [6.07, 6.45) is 3.99. The second-order valence-electron chi connectivity index (χ2n) is 3.10. The van der Waals surface area contributed by atoms with Crippen LogP contribution < -0.4 is 0 Å². The van der Waals surface area contributed by atoms with E-state index in [1.807, 2.05) is 10.9 Å². The van der Waals surface area contributed by atoms with Crippen LogP contribution in [-0.2, 0) is 6.54 Å². The zero-order chi connectivity index (χ0) is 9.97. The van der Waals surface area contributed by atoms with Crippen LogP contribution in [0.15, 0.2) is 36.7 Å². The molecule has 2 nitrogen and oxygen atoms in total. The summed E-state index contributed by atoms with van der Waals surface area (Å²) in [4.78, 5) is 0. The summed E-state index contributed by atoms with van der Waals surface area (Å²) in [6, 6.07) is 8.44. The minimum absolute atomic E-state index is 0.921. The molecule has 0 N–H and O–H groups in total. The number of hydrogen-bond acceptors (Lipinski definition) is 1. The summed E-state index contributed by atoms with van der Waals surface area (Å²) in [7, 11) is 0. The van der Waals surface area contributed by atoms with Crippen molar-refractivity contribution in [2.24, 2.45) is 0 Å². The molecule has 0 saturated carbocycles. The highest BCUT2D eigenvalue weighted by atomic mass is 127. The fourth-order valence-electron chi connectivity index (χ4n) is 1.35. The predicted octanol–water partition coefficient (Wildman–Crippen LogP) is 3.17. The lowest BCUT2D eigenvalue weighted by atomic mass is 10.1. The zero-order valence-electron chi connectivity index (χ0n) is 7.94. The number of nitrogens with zero attached hydrogens (tertiary/aromatic N) is 2. The lowest BCUT2D eigenvalue weighted by molar-refractivity contribution is 0.660. The molecule has 0 aliphatic carbocycles. The first-order chi connectivity index (χ1) is 6.79. The maximum atomic E-state index is 4.25. The van der Waals surface area contributed by atoms with E-state index in [2.05, 4.69) is 65.1 Å². The van der Waals surface area contributed by atoms with Gasteiger partial charge < -0.3 is 0 Å². The SMILES string of the molecule is CCn1cc(-c2cccc(I)c2)cn1. The Kier molecular flexibility index (Phi) is 2.86. The Labute approximate surface area is 97.1 Å². The van der Waals surface area contributed by atoms with Crippen LogP contribution >= 0.6 is 22.6 Å². The number of rotatable bonds is 2. The molecule has 1 aromatic carbocycles. The number of aryl methyl sites for hydroxylation is 1. The Bertz CT molecular complexity index is 434. The predicted molar refractivity (Wildman–Crippen MR) is 66.1 cm³/mol. The van der Waals surface area contributed by atoms with E-state index in [1.54, 1.807) is 0 Å². The van der Waals surface area contributed by atoms with E-state index in [0.717, 1.165) is 6.54 Å². The molecule has 0 unspecified atom stereocenters. The highest BCUT2D eigenvalue weighted by Gasteiger charge is 2.00. The molecular weight excluding hydrogens is 287 g/mol. The maximum Gasteiger partial charge on any atom is 0.0568 e. The van der Waals surface area contributed by atoms with Crippen LogP contribution in [0.1, 0.15) is 6.92 Å². The molecule has 0 atom stereocenters. The van der Waals surface area contributed by atoms with Gasteiger partial charge in [-0.1, -0.05) is 12.1 Å². The van der Waals surface area contributed by atoms with Gasteiger partial charge in [0.05, 0.1) is 6.20 Å². The van der Waals surface area contributed by atoms with Gasteiger partial charge in [0.1, 0.15) is 0 Å². The van der Waals surface area contributed by atoms with Crippen LogP contribution in [0.5, 0.6) is 0 Å². The summed E-state index contributed by atoms with van der Waals surface area (Å²) in [5, 5.41) is 4.25. The number of halogens is 1. The first-order valence-corrected chi connectivity index (χ1v) is 5.66. The molecule has 14 heavy (non-hydrogen) atoms. The molecule has 0 aliphatic heterocycles. The number of aromatic nitrogens is 2. The Balaban J connectivity index is 2.39. The van der Waals surface area contributed by atoms with Crippen LogP contribution in [-0.4, -0.2) is 9.78 Å². The monoisotopic (exact) mass is 298 g/mol. The van der Waals surface area contributed by atoms with Crippen molar-refractivity contribution in [3.8, 4) is 11.1 Å². The average Bonchev–Trinajstić information content (AvgIpc) is 2.66. The van der Waals surface area contributed by atoms with Crippen molar-refractivity contribution in [1.29, 1.82) is 0 Å².